The summed E-state index contributed by atoms with van der Waals surface area (Å²) in [4.78, 5) is 17.1. The maximum absolute atomic E-state index is 12.2. The van der Waals surface area contributed by atoms with E-state index in [1.165, 1.54) is 0 Å². The van der Waals surface area contributed by atoms with Crippen LogP contribution in [-0.4, -0.2) is 42.7 Å². The standard InChI is InChI=1S/C19H24BrN3O3S/c1-25-7-6-17(24)22-12-3-5-16-14(9-12)19(10-27-18(21)23-19)13-8-11(20)2-4-15(13)26-16/h2,4,8,12,14,16H,3,5-7,9-10H2,1H3,(H2,21,23)(H,22,24)/t12?,14-,16-,19?/m0/s1. The number of methoxy groups -OCH3 is 1. The first-order chi connectivity index (χ1) is 13.0. The number of nitrogens with zero attached hydrogens (tertiary/aromatic N) is 1. The van der Waals surface area contributed by atoms with Gasteiger partial charge in [-0.15, -0.1) is 0 Å². The smallest absolute Gasteiger partial charge is 0.222 e. The summed E-state index contributed by atoms with van der Waals surface area (Å²) in [5, 5.41) is 3.80. The normalized spacial score (nSPS) is 31.6. The number of benzene rings is 1. The van der Waals surface area contributed by atoms with Crippen LogP contribution in [0.2, 0.25) is 0 Å². The molecule has 1 aromatic carbocycles. The lowest BCUT2D eigenvalue weighted by Crippen LogP contribution is -2.54. The molecule has 4 rings (SSSR count). The van der Waals surface area contributed by atoms with Gasteiger partial charge in [-0.2, -0.15) is 0 Å². The Labute approximate surface area is 171 Å². The summed E-state index contributed by atoms with van der Waals surface area (Å²) >= 11 is 5.19. The number of fused-ring (bicyclic) bond motifs is 4. The number of aliphatic imine (C=N–C) groups is 1. The van der Waals surface area contributed by atoms with E-state index in [1.54, 1.807) is 18.9 Å². The van der Waals surface area contributed by atoms with Crippen LogP contribution in [0.1, 0.15) is 31.2 Å². The van der Waals surface area contributed by atoms with Crippen molar-refractivity contribution in [3.8, 4) is 5.75 Å². The van der Waals surface area contributed by atoms with Gasteiger partial charge in [-0.1, -0.05) is 27.7 Å². The maximum Gasteiger partial charge on any atom is 0.222 e. The fourth-order valence-electron chi connectivity index (χ4n) is 4.49. The summed E-state index contributed by atoms with van der Waals surface area (Å²) in [5.41, 5.74) is 6.82. The van der Waals surface area contributed by atoms with Crippen LogP contribution in [0.15, 0.2) is 27.7 Å². The zero-order chi connectivity index (χ0) is 19.0. The summed E-state index contributed by atoms with van der Waals surface area (Å²) < 4.78 is 12.4. The fraction of sp³-hybridized carbons (Fsp3) is 0.579. The van der Waals surface area contributed by atoms with Crippen molar-refractivity contribution in [3.63, 3.8) is 0 Å². The Morgan fingerprint density at radius 2 is 2.37 bits per heavy atom. The summed E-state index contributed by atoms with van der Waals surface area (Å²) in [7, 11) is 1.61. The van der Waals surface area contributed by atoms with E-state index in [0.717, 1.165) is 40.8 Å². The number of amides is 1. The molecule has 1 aromatic rings. The molecule has 2 heterocycles. The Balaban J connectivity index is 1.62. The molecule has 1 fully saturated rings. The van der Waals surface area contributed by atoms with Crippen molar-refractivity contribution in [1.29, 1.82) is 0 Å². The summed E-state index contributed by atoms with van der Waals surface area (Å²) in [6.45, 7) is 0.441. The molecule has 2 unspecified atom stereocenters. The SMILES string of the molecule is COCCC(=O)NC1CC[C@@H]2Oc3ccc(Br)cc3C3(CSC(N)=N3)[C@H]2C1. The van der Waals surface area contributed by atoms with E-state index in [1.807, 2.05) is 12.1 Å². The van der Waals surface area contributed by atoms with Gasteiger partial charge in [0.15, 0.2) is 5.17 Å². The minimum atomic E-state index is -0.382. The first-order valence-electron chi connectivity index (χ1n) is 9.25. The lowest BCUT2D eigenvalue weighted by Gasteiger charge is -2.48. The molecule has 1 aliphatic carbocycles. The third kappa shape index (κ3) is 3.59. The van der Waals surface area contributed by atoms with Crippen LogP contribution >= 0.6 is 27.7 Å². The Morgan fingerprint density at radius 3 is 3.11 bits per heavy atom. The number of ether oxygens (including phenoxy) is 2. The highest BCUT2D eigenvalue weighted by Crippen LogP contribution is 2.54. The van der Waals surface area contributed by atoms with E-state index in [0.29, 0.717) is 18.2 Å². The molecule has 3 N–H and O–H groups in total. The van der Waals surface area contributed by atoms with E-state index >= 15 is 0 Å². The van der Waals surface area contributed by atoms with Crippen molar-refractivity contribution >= 4 is 38.8 Å². The van der Waals surface area contributed by atoms with Crippen molar-refractivity contribution in [1.82, 2.24) is 5.32 Å². The lowest BCUT2D eigenvalue weighted by molar-refractivity contribution is -0.123. The van der Waals surface area contributed by atoms with Crippen LogP contribution < -0.4 is 15.8 Å². The molecule has 0 radical (unpaired) electrons. The summed E-state index contributed by atoms with van der Waals surface area (Å²) in [6, 6.07) is 6.26. The average Bonchev–Trinajstić information content (AvgIpc) is 3.04. The predicted molar refractivity (Wildman–Crippen MR) is 110 cm³/mol. The van der Waals surface area contributed by atoms with E-state index in [-0.39, 0.29) is 29.5 Å². The minimum Gasteiger partial charge on any atom is -0.490 e. The Kier molecular flexibility index (Phi) is 5.40. The van der Waals surface area contributed by atoms with Gasteiger partial charge < -0.3 is 20.5 Å². The summed E-state index contributed by atoms with van der Waals surface area (Å²) in [6.07, 6.45) is 3.14. The number of rotatable bonds is 4. The lowest BCUT2D eigenvalue weighted by atomic mass is 9.67. The van der Waals surface area contributed by atoms with Gasteiger partial charge in [0.1, 0.15) is 17.4 Å². The van der Waals surface area contributed by atoms with E-state index < -0.39 is 0 Å². The van der Waals surface area contributed by atoms with E-state index in [9.17, 15) is 4.79 Å². The van der Waals surface area contributed by atoms with Crippen LogP contribution in [-0.2, 0) is 15.1 Å². The van der Waals surface area contributed by atoms with Gasteiger partial charge in [-0.05, 0) is 37.5 Å². The zero-order valence-electron chi connectivity index (χ0n) is 15.2. The third-order valence-electron chi connectivity index (χ3n) is 5.73. The fourth-order valence-corrected chi connectivity index (χ4v) is 5.88. The van der Waals surface area contributed by atoms with Crippen LogP contribution in [0.4, 0.5) is 0 Å². The van der Waals surface area contributed by atoms with Crippen LogP contribution in [0.25, 0.3) is 0 Å². The molecule has 8 heteroatoms. The Morgan fingerprint density at radius 1 is 1.52 bits per heavy atom. The molecule has 0 saturated heterocycles. The average molecular weight is 454 g/mol. The highest BCUT2D eigenvalue weighted by molar-refractivity contribution is 9.10. The number of carbonyl (C=O) groups is 1. The van der Waals surface area contributed by atoms with Gasteiger partial charge >= 0.3 is 0 Å². The molecule has 1 spiro atoms. The highest BCUT2D eigenvalue weighted by Gasteiger charge is 2.54. The molecule has 0 aromatic heterocycles. The van der Waals surface area contributed by atoms with Gasteiger partial charge in [0.05, 0.1) is 6.61 Å². The molecule has 6 nitrogen and oxygen atoms in total. The molecule has 2 aliphatic heterocycles. The summed E-state index contributed by atoms with van der Waals surface area (Å²) in [5.74, 6) is 1.95. The molecular formula is C19H24BrN3O3S. The van der Waals surface area contributed by atoms with Gasteiger partial charge in [0.25, 0.3) is 0 Å². The first kappa shape index (κ1) is 19.1. The number of carbonyl (C=O) groups excluding carboxylic acids is 1. The van der Waals surface area contributed by atoms with Gasteiger partial charge in [-0.3, -0.25) is 4.79 Å². The van der Waals surface area contributed by atoms with Gasteiger partial charge in [0, 0.05) is 41.3 Å². The quantitative estimate of drug-likeness (QED) is 0.731. The maximum atomic E-state index is 12.2. The molecule has 1 amide bonds. The molecule has 3 aliphatic rings. The minimum absolute atomic E-state index is 0.0398. The number of nitrogens with two attached hydrogens (primary N) is 1. The van der Waals surface area contributed by atoms with Crippen molar-refractivity contribution in [3.05, 3.63) is 28.2 Å². The molecule has 0 bridgehead atoms. The number of nitrogens with one attached hydrogen (secondary N) is 1. The van der Waals surface area contributed by atoms with E-state index in [4.69, 9.17) is 20.2 Å². The molecule has 27 heavy (non-hydrogen) atoms. The topological polar surface area (TPSA) is 85.9 Å². The van der Waals surface area contributed by atoms with Crippen LogP contribution in [0.3, 0.4) is 0 Å². The highest BCUT2D eigenvalue weighted by atomic mass is 79.9. The second kappa shape index (κ2) is 7.64. The Hall–Kier alpha value is -1.25. The zero-order valence-corrected chi connectivity index (χ0v) is 17.6. The second-order valence-corrected chi connectivity index (χ2v) is 9.30. The van der Waals surface area contributed by atoms with Crippen molar-refractivity contribution in [2.75, 3.05) is 19.5 Å². The van der Waals surface area contributed by atoms with Crippen molar-refractivity contribution < 1.29 is 14.3 Å². The van der Waals surface area contributed by atoms with Gasteiger partial charge in [0.2, 0.25) is 5.91 Å². The third-order valence-corrected chi connectivity index (χ3v) is 7.20. The van der Waals surface area contributed by atoms with Crippen LogP contribution in [0, 0.1) is 5.92 Å². The molecule has 4 atom stereocenters. The Bertz CT molecular complexity index is 775. The molecule has 1 saturated carbocycles. The van der Waals surface area contributed by atoms with E-state index in [2.05, 4.69) is 27.3 Å². The number of hydrogen-bond acceptors (Lipinski definition) is 6. The number of hydrogen-bond donors (Lipinski definition) is 2. The van der Waals surface area contributed by atoms with Crippen molar-refractivity contribution in [2.45, 2.75) is 43.4 Å². The predicted octanol–water partition coefficient (Wildman–Crippen LogP) is 2.79. The molecule has 146 valence electrons. The number of amidine groups is 1. The number of halogens is 1. The second-order valence-electron chi connectivity index (χ2n) is 7.39. The largest absolute Gasteiger partial charge is 0.490 e. The van der Waals surface area contributed by atoms with Crippen molar-refractivity contribution in [2.24, 2.45) is 16.6 Å². The monoisotopic (exact) mass is 453 g/mol. The van der Waals surface area contributed by atoms with Gasteiger partial charge in [-0.25, -0.2) is 4.99 Å². The number of thioether (sulfide) groups is 1. The first-order valence-corrected chi connectivity index (χ1v) is 11.0. The molecular weight excluding hydrogens is 430 g/mol. The van der Waals surface area contributed by atoms with Crippen LogP contribution in [0.5, 0.6) is 5.75 Å².